The van der Waals surface area contributed by atoms with Crippen molar-refractivity contribution in [2.75, 3.05) is 0 Å². The zero-order valence-electron chi connectivity index (χ0n) is 15.0. The Morgan fingerprint density at radius 2 is 1.88 bits per heavy atom. The number of hydrogen-bond acceptors (Lipinski definition) is 2. The molecule has 26 heavy (non-hydrogen) atoms. The molecule has 1 atom stereocenters. The molecule has 1 N–H and O–H groups in total. The van der Waals surface area contributed by atoms with Gasteiger partial charge in [-0.2, -0.15) is 5.10 Å². The molecule has 1 amide bonds. The zero-order chi connectivity index (χ0) is 18.4. The van der Waals surface area contributed by atoms with Gasteiger partial charge in [0.1, 0.15) is 5.69 Å². The normalized spacial score (nSPS) is 16.4. The van der Waals surface area contributed by atoms with Crippen LogP contribution < -0.4 is 0 Å². The summed E-state index contributed by atoms with van der Waals surface area (Å²) >= 11 is 6.24. The van der Waals surface area contributed by atoms with Gasteiger partial charge in [0.15, 0.2) is 0 Å². The Morgan fingerprint density at radius 1 is 1.15 bits per heavy atom. The van der Waals surface area contributed by atoms with Gasteiger partial charge in [0.2, 0.25) is 0 Å². The minimum atomic E-state index is -0.203. The molecule has 2 aromatic carbocycles. The van der Waals surface area contributed by atoms with E-state index in [1.165, 1.54) is 5.56 Å². The second-order valence-corrected chi connectivity index (χ2v) is 7.43. The summed E-state index contributed by atoms with van der Waals surface area (Å²) < 4.78 is 0. The average molecular weight is 366 g/mol. The van der Waals surface area contributed by atoms with Crippen molar-refractivity contribution in [1.82, 2.24) is 15.1 Å². The summed E-state index contributed by atoms with van der Waals surface area (Å²) in [5.74, 6) is -0.0224. The Labute approximate surface area is 157 Å². The molecular weight excluding hydrogens is 346 g/mol. The van der Waals surface area contributed by atoms with Crippen molar-refractivity contribution in [2.45, 2.75) is 32.9 Å². The van der Waals surface area contributed by atoms with E-state index in [2.05, 4.69) is 29.3 Å². The van der Waals surface area contributed by atoms with Crippen LogP contribution in [0.3, 0.4) is 0 Å². The lowest BCUT2D eigenvalue weighted by molar-refractivity contribution is 0.0688. The molecule has 0 fully saturated rings. The van der Waals surface area contributed by atoms with Crippen molar-refractivity contribution < 1.29 is 4.79 Å². The van der Waals surface area contributed by atoms with Gasteiger partial charge in [-0.05, 0) is 38.5 Å². The number of amides is 1. The molecule has 2 heterocycles. The lowest BCUT2D eigenvalue weighted by Crippen LogP contribution is -2.35. The summed E-state index contributed by atoms with van der Waals surface area (Å²) in [6.07, 6.45) is 0. The molecule has 1 aliphatic heterocycles. The largest absolute Gasteiger partial charge is 0.324 e. The van der Waals surface area contributed by atoms with Crippen LogP contribution in [0, 0.1) is 6.92 Å². The highest BCUT2D eigenvalue weighted by Crippen LogP contribution is 2.44. The molecule has 0 saturated heterocycles. The number of hydrogen-bond donors (Lipinski definition) is 1. The third kappa shape index (κ3) is 2.61. The molecule has 0 spiro atoms. The van der Waals surface area contributed by atoms with Gasteiger partial charge in [-0.1, -0.05) is 53.6 Å². The molecule has 5 heteroatoms. The van der Waals surface area contributed by atoms with Crippen molar-refractivity contribution in [2.24, 2.45) is 0 Å². The Kier molecular flexibility index (Phi) is 4.08. The minimum absolute atomic E-state index is 0.0224. The molecule has 3 aromatic rings. The molecule has 0 radical (unpaired) electrons. The van der Waals surface area contributed by atoms with Gasteiger partial charge in [-0.25, -0.2) is 0 Å². The summed E-state index contributed by atoms with van der Waals surface area (Å²) in [4.78, 5) is 14.9. The van der Waals surface area contributed by atoms with Gasteiger partial charge >= 0.3 is 0 Å². The van der Waals surface area contributed by atoms with Crippen LogP contribution in [0.2, 0.25) is 5.02 Å². The third-order valence-corrected chi connectivity index (χ3v) is 5.08. The van der Waals surface area contributed by atoms with E-state index in [0.29, 0.717) is 10.7 Å². The van der Waals surface area contributed by atoms with Gasteiger partial charge in [-0.15, -0.1) is 0 Å². The highest BCUT2D eigenvalue weighted by atomic mass is 35.5. The Balaban J connectivity index is 1.92. The number of rotatable bonds is 3. The van der Waals surface area contributed by atoms with E-state index in [1.54, 1.807) is 0 Å². The first-order valence-corrected chi connectivity index (χ1v) is 9.08. The predicted molar refractivity (Wildman–Crippen MR) is 103 cm³/mol. The van der Waals surface area contributed by atoms with E-state index in [-0.39, 0.29) is 18.0 Å². The van der Waals surface area contributed by atoms with Gasteiger partial charge < -0.3 is 4.90 Å². The topological polar surface area (TPSA) is 49.0 Å². The third-order valence-electron chi connectivity index (χ3n) is 4.85. The number of aryl methyl sites for hydroxylation is 1. The van der Waals surface area contributed by atoms with Gasteiger partial charge in [0, 0.05) is 22.2 Å². The monoisotopic (exact) mass is 365 g/mol. The van der Waals surface area contributed by atoms with Gasteiger partial charge in [0.05, 0.1) is 11.7 Å². The highest BCUT2D eigenvalue weighted by molar-refractivity contribution is 6.30. The molecule has 4 nitrogen and oxygen atoms in total. The number of benzene rings is 2. The van der Waals surface area contributed by atoms with E-state index in [4.69, 9.17) is 11.6 Å². The van der Waals surface area contributed by atoms with Crippen LogP contribution in [-0.2, 0) is 0 Å². The first-order valence-electron chi connectivity index (χ1n) is 8.71. The van der Waals surface area contributed by atoms with Crippen molar-refractivity contribution in [3.05, 3.63) is 75.9 Å². The van der Waals surface area contributed by atoms with Gasteiger partial charge in [0.25, 0.3) is 5.91 Å². The molecule has 0 bridgehead atoms. The fraction of sp³-hybridized carbons (Fsp3) is 0.238. The number of carbonyl (C=O) groups excluding carboxylic acids is 1. The van der Waals surface area contributed by atoms with Crippen LogP contribution in [0.5, 0.6) is 0 Å². The Hall–Kier alpha value is -2.59. The maximum atomic E-state index is 13.0. The molecule has 0 aliphatic carbocycles. The van der Waals surface area contributed by atoms with Crippen molar-refractivity contribution in [3.63, 3.8) is 0 Å². The van der Waals surface area contributed by atoms with E-state index in [1.807, 2.05) is 55.1 Å². The number of aromatic nitrogens is 2. The molecule has 132 valence electrons. The predicted octanol–water partition coefficient (Wildman–Crippen LogP) is 4.99. The van der Waals surface area contributed by atoms with Crippen molar-refractivity contribution >= 4 is 17.5 Å². The summed E-state index contributed by atoms with van der Waals surface area (Å²) in [6.45, 7) is 6.11. The van der Waals surface area contributed by atoms with Crippen molar-refractivity contribution in [3.8, 4) is 11.3 Å². The number of aromatic amines is 1. The lowest BCUT2D eigenvalue weighted by Gasteiger charge is -2.30. The number of H-pyrrole nitrogens is 1. The van der Waals surface area contributed by atoms with Crippen LogP contribution in [-0.4, -0.2) is 27.0 Å². The quantitative estimate of drug-likeness (QED) is 0.710. The maximum absolute atomic E-state index is 13.0. The average Bonchev–Trinajstić information content (AvgIpc) is 3.15. The SMILES string of the molecule is Cc1ccc(-c2n[nH]c3c2C(c2cccc(Cl)c2)N(C(C)C)C3=O)cc1. The molecular formula is C21H20ClN3O. The van der Waals surface area contributed by atoms with Crippen LogP contribution in [0.1, 0.15) is 47.1 Å². The van der Waals surface area contributed by atoms with Crippen LogP contribution in [0.25, 0.3) is 11.3 Å². The smallest absolute Gasteiger partial charge is 0.273 e. The highest BCUT2D eigenvalue weighted by Gasteiger charge is 2.43. The lowest BCUT2D eigenvalue weighted by atomic mass is 9.95. The first kappa shape index (κ1) is 16.9. The number of halogens is 1. The number of carbonyl (C=O) groups is 1. The van der Waals surface area contributed by atoms with Crippen molar-refractivity contribution in [1.29, 1.82) is 0 Å². The molecule has 1 unspecified atom stereocenters. The van der Waals surface area contributed by atoms with E-state index >= 15 is 0 Å². The van der Waals surface area contributed by atoms with Crippen LogP contribution in [0.15, 0.2) is 48.5 Å². The summed E-state index contributed by atoms with van der Waals surface area (Å²) in [7, 11) is 0. The Morgan fingerprint density at radius 3 is 2.54 bits per heavy atom. The summed E-state index contributed by atoms with van der Waals surface area (Å²) in [5.41, 5.74) is 5.49. The number of fused-ring (bicyclic) bond motifs is 1. The van der Waals surface area contributed by atoms with Gasteiger partial charge in [-0.3, -0.25) is 9.89 Å². The van der Waals surface area contributed by atoms with Crippen LogP contribution >= 0.6 is 11.6 Å². The number of nitrogens with one attached hydrogen (secondary N) is 1. The minimum Gasteiger partial charge on any atom is -0.324 e. The summed E-state index contributed by atoms with van der Waals surface area (Å²) in [5, 5.41) is 8.11. The van der Waals surface area contributed by atoms with E-state index < -0.39 is 0 Å². The second kappa shape index (κ2) is 6.29. The first-order chi connectivity index (χ1) is 12.5. The van der Waals surface area contributed by atoms with Crippen LogP contribution in [0.4, 0.5) is 0 Å². The standard InChI is InChI=1S/C21H20ClN3O/c1-12(2)25-20(15-5-4-6-16(22)11-15)17-18(23-24-19(17)21(25)26)14-9-7-13(3)8-10-14/h4-12,20H,1-3H3,(H,23,24). The second-order valence-electron chi connectivity index (χ2n) is 6.99. The fourth-order valence-electron chi connectivity index (χ4n) is 3.63. The summed E-state index contributed by atoms with van der Waals surface area (Å²) in [6, 6.07) is 15.8. The molecule has 0 saturated carbocycles. The molecule has 1 aromatic heterocycles. The van der Waals surface area contributed by atoms with E-state index in [9.17, 15) is 4.79 Å². The molecule has 1 aliphatic rings. The van der Waals surface area contributed by atoms with E-state index in [0.717, 1.165) is 22.4 Å². The zero-order valence-corrected chi connectivity index (χ0v) is 15.7. The maximum Gasteiger partial charge on any atom is 0.273 e. The fourth-order valence-corrected chi connectivity index (χ4v) is 3.83. The molecule has 4 rings (SSSR count). The Bertz CT molecular complexity index is 975. The number of nitrogens with zero attached hydrogens (tertiary/aromatic N) is 2.